The van der Waals surface area contributed by atoms with Crippen molar-refractivity contribution in [1.29, 1.82) is 0 Å². The summed E-state index contributed by atoms with van der Waals surface area (Å²) in [6.07, 6.45) is 0.778. The van der Waals surface area contributed by atoms with Crippen molar-refractivity contribution in [3.05, 3.63) is 33.0 Å². The van der Waals surface area contributed by atoms with Crippen LogP contribution < -0.4 is 10.3 Å². The van der Waals surface area contributed by atoms with Gasteiger partial charge in [-0.3, -0.25) is 14.4 Å². The summed E-state index contributed by atoms with van der Waals surface area (Å²) in [4.78, 5) is 39.2. The Balaban J connectivity index is 1.77. The lowest BCUT2D eigenvalue weighted by Crippen LogP contribution is -2.27. The topological polar surface area (TPSA) is 68.6 Å². The van der Waals surface area contributed by atoms with Crippen LogP contribution in [0.2, 0.25) is 0 Å². The van der Waals surface area contributed by atoms with Gasteiger partial charge in [0, 0.05) is 25.2 Å². The van der Waals surface area contributed by atoms with E-state index in [2.05, 4.69) is 0 Å². The average molecular weight is 479 g/mol. The number of aryl methyl sites for hydroxylation is 2. The van der Waals surface area contributed by atoms with Gasteiger partial charge in [0.25, 0.3) is 0 Å². The molecule has 33 heavy (non-hydrogen) atoms. The Morgan fingerprint density at radius 1 is 1.21 bits per heavy atom. The fraction of sp³-hybridized carbons (Fsp3) is 0.542. The molecule has 2 aromatic rings. The summed E-state index contributed by atoms with van der Waals surface area (Å²) in [6.45, 7) is 9.68. The summed E-state index contributed by atoms with van der Waals surface area (Å²) in [7, 11) is 0. The van der Waals surface area contributed by atoms with Crippen molar-refractivity contribution in [3.63, 3.8) is 0 Å². The third kappa shape index (κ3) is 4.05. The maximum absolute atomic E-state index is 15.9. The average Bonchev–Trinajstić information content (AvgIpc) is 3.32. The Labute approximate surface area is 195 Å². The molecule has 9 heteroatoms. The van der Waals surface area contributed by atoms with Gasteiger partial charge in [0.15, 0.2) is 17.4 Å². The third-order valence-electron chi connectivity index (χ3n) is 6.16. The molecule has 1 fully saturated rings. The number of ketones is 1. The molecular formula is C24H28F2N2O4S. The highest BCUT2D eigenvalue weighted by Crippen LogP contribution is 2.39. The molecule has 6 nitrogen and oxygen atoms in total. The van der Waals surface area contributed by atoms with Crippen LogP contribution in [0.1, 0.15) is 56.5 Å². The summed E-state index contributed by atoms with van der Waals surface area (Å²) in [6, 6.07) is 0. The smallest absolute Gasteiger partial charge is 0.306 e. The van der Waals surface area contributed by atoms with Crippen molar-refractivity contribution in [1.82, 2.24) is 4.57 Å². The van der Waals surface area contributed by atoms with E-state index in [1.807, 2.05) is 0 Å². The van der Waals surface area contributed by atoms with Crippen molar-refractivity contribution in [2.75, 3.05) is 23.7 Å². The maximum Gasteiger partial charge on any atom is 0.306 e. The minimum atomic E-state index is -0.798. The normalized spacial score (nSPS) is 18.3. The molecule has 1 aromatic heterocycles. The number of aromatic nitrogens is 1. The fourth-order valence-corrected chi connectivity index (χ4v) is 5.92. The molecule has 0 radical (unpaired) electrons. The minimum absolute atomic E-state index is 0.0302. The first-order chi connectivity index (χ1) is 15.4. The van der Waals surface area contributed by atoms with Crippen LogP contribution in [0.15, 0.2) is 9.82 Å². The number of thioether (sulfide) groups is 1. The molecule has 4 rings (SSSR count). The van der Waals surface area contributed by atoms with Crippen LogP contribution in [0.5, 0.6) is 0 Å². The SMILES string of the molecule is CCn1c2c(c(=O)c3c(C)c(F)c(N4CCC(CC(=O)OC(C)(C)C)C4)c(F)c31)C(=O)CS2. The van der Waals surface area contributed by atoms with Crippen molar-refractivity contribution in [2.45, 2.75) is 64.6 Å². The van der Waals surface area contributed by atoms with Crippen LogP contribution in [-0.4, -0.2) is 40.8 Å². The molecule has 0 spiro atoms. The molecule has 0 saturated carbocycles. The monoisotopic (exact) mass is 478 g/mol. The van der Waals surface area contributed by atoms with Gasteiger partial charge in [0.1, 0.15) is 11.3 Å². The van der Waals surface area contributed by atoms with Gasteiger partial charge in [-0.2, -0.15) is 0 Å². The number of hydrogen-bond donors (Lipinski definition) is 0. The number of hydrogen-bond acceptors (Lipinski definition) is 6. The summed E-state index contributed by atoms with van der Waals surface area (Å²) in [5, 5.41) is 0.370. The molecule has 2 aliphatic heterocycles. The van der Waals surface area contributed by atoms with Gasteiger partial charge in [-0.15, -0.1) is 0 Å². The van der Waals surface area contributed by atoms with Gasteiger partial charge in [-0.25, -0.2) is 8.78 Å². The zero-order chi connectivity index (χ0) is 24.2. The van der Waals surface area contributed by atoms with Crippen LogP contribution in [0.3, 0.4) is 0 Å². The summed E-state index contributed by atoms with van der Waals surface area (Å²) < 4.78 is 38.4. The van der Waals surface area contributed by atoms with Gasteiger partial charge >= 0.3 is 5.97 Å². The number of carbonyl (C=O) groups is 2. The Morgan fingerprint density at radius 3 is 2.55 bits per heavy atom. The first-order valence-corrected chi connectivity index (χ1v) is 12.1. The van der Waals surface area contributed by atoms with E-state index in [4.69, 9.17) is 4.74 Å². The van der Waals surface area contributed by atoms with Crippen LogP contribution >= 0.6 is 11.8 Å². The largest absolute Gasteiger partial charge is 0.460 e. The second-order valence-corrected chi connectivity index (χ2v) is 10.6. The second kappa shape index (κ2) is 8.42. The number of fused-ring (bicyclic) bond motifs is 2. The van der Waals surface area contributed by atoms with Gasteiger partial charge in [0.2, 0.25) is 5.43 Å². The van der Waals surface area contributed by atoms with Crippen molar-refractivity contribution < 1.29 is 23.1 Å². The predicted molar refractivity (Wildman–Crippen MR) is 124 cm³/mol. The van der Waals surface area contributed by atoms with Crippen LogP contribution in [0, 0.1) is 24.5 Å². The minimum Gasteiger partial charge on any atom is -0.460 e. The van der Waals surface area contributed by atoms with E-state index in [9.17, 15) is 14.4 Å². The zero-order valence-corrected chi connectivity index (χ0v) is 20.3. The number of esters is 1. The van der Waals surface area contributed by atoms with E-state index in [0.29, 0.717) is 31.1 Å². The maximum atomic E-state index is 15.9. The van der Waals surface area contributed by atoms with E-state index >= 15 is 8.78 Å². The Morgan fingerprint density at radius 2 is 1.91 bits per heavy atom. The summed E-state index contributed by atoms with van der Waals surface area (Å²) in [5.41, 5.74) is -1.27. The van der Waals surface area contributed by atoms with E-state index in [-0.39, 0.29) is 57.6 Å². The zero-order valence-electron chi connectivity index (χ0n) is 19.5. The first kappa shape index (κ1) is 23.7. The lowest BCUT2D eigenvalue weighted by molar-refractivity contribution is -0.155. The number of pyridine rings is 1. The molecule has 178 valence electrons. The first-order valence-electron chi connectivity index (χ1n) is 11.1. The highest BCUT2D eigenvalue weighted by atomic mass is 32.2. The van der Waals surface area contributed by atoms with Crippen molar-refractivity contribution in [2.24, 2.45) is 5.92 Å². The molecule has 1 aromatic carbocycles. The van der Waals surface area contributed by atoms with Gasteiger partial charge < -0.3 is 14.2 Å². The van der Waals surface area contributed by atoms with E-state index in [1.165, 1.54) is 18.7 Å². The number of halogens is 2. The van der Waals surface area contributed by atoms with Crippen LogP contribution in [0.4, 0.5) is 14.5 Å². The van der Waals surface area contributed by atoms with Crippen LogP contribution in [0.25, 0.3) is 10.9 Å². The van der Waals surface area contributed by atoms with E-state index in [0.717, 1.165) is 0 Å². The molecule has 2 aliphatic rings. The molecule has 0 amide bonds. The van der Waals surface area contributed by atoms with Crippen LogP contribution in [-0.2, 0) is 16.1 Å². The lowest BCUT2D eigenvalue weighted by atomic mass is 10.0. The number of ether oxygens (including phenoxy) is 1. The Bertz CT molecular complexity index is 1230. The number of rotatable bonds is 4. The molecular weight excluding hydrogens is 450 g/mol. The second-order valence-electron chi connectivity index (χ2n) is 9.68. The van der Waals surface area contributed by atoms with E-state index < -0.39 is 22.7 Å². The van der Waals surface area contributed by atoms with Crippen molar-refractivity contribution in [3.8, 4) is 0 Å². The number of carbonyl (C=O) groups excluding carboxylic acids is 2. The summed E-state index contributed by atoms with van der Waals surface area (Å²) >= 11 is 1.21. The number of benzene rings is 1. The molecule has 0 bridgehead atoms. The van der Waals surface area contributed by atoms with Gasteiger partial charge in [0.05, 0.1) is 33.7 Å². The number of anilines is 1. The molecule has 0 aliphatic carbocycles. The fourth-order valence-electron chi connectivity index (χ4n) is 4.78. The molecule has 0 N–H and O–H groups in total. The highest BCUT2D eigenvalue weighted by Gasteiger charge is 2.35. The van der Waals surface area contributed by atoms with Crippen molar-refractivity contribution >= 4 is 40.1 Å². The Kier molecular flexibility index (Phi) is 6.05. The molecule has 1 saturated heterocycles. The van der Waals surface area contributed by atoms with Gasteiger partial charge in [-0.1, -0.05) is 11.8 Å². The third-order valence-corrected chi connectivity index (χ3v) is 7.26. The number of Topliss-reactive ketones (excluding diaryl/α,β-unsaturated/α-hetero) is 1. The van der Waals surface area contributed by atoms with Gasteiger partial charge in [-0.05, 0) is 47.0 Å². The standard InChI is InChI=1S/C24H28F2N2O4S/c1-6-28-20-16(22(31)17-14(29)11-33-23(17)28)12(2)18(25)21(19(20)26)27-8-7-13(10-27)9-15(30)32-24(3,4)5/h13H,6-11H2,1-5H3. The summed E-state index contributed by atoms with van der Waals surface area (Å²) in [5.74, 6) is -2.20. The van der Waals surface area contributed by atoms with E-state index in [1.54, 1.807) is 37.2 Å². The highest BCUT2D eigenvalue weighted by molar-refractivity contribution is 8.00. The molecule has 1 atom stereocenters. The molecule has 3 heterocycles. The predicted octanol–water partition coefficient (Wildman–Crippen LogP) is 4.45. The molecule has 1 unspecified atom stereocenters. The number of nitrogens with zero attached hydrogens (tertiary/aromatic N) is 2. The lowest BCUT2D eigenvalue weighted by Gasteiger charge is -2.24. The quantitative estimate of drug-likeness (QED) is 0.605. The Hall–Kier alpha value is -2.42.